The molecule has 2 bridgehead atoms. The van der Waals surface area contributed by atoms with Gasteiger partial charge in [0.05, 0.1) is 12.5 Å². The van der Waals surface area contributed by atoms with E-state index in [0.717, 1.165) is 25.2 Å². The Hall–Kier alpha value is -0.530. The van der Waals surface area contributed by atoms with Crippen LogP contribution in [-0.4, -0.2) is 12.6 Å². The minimum Gasteiger partial charge on any atom is -0.465 e. The maximum atomic E-state index is 12.4. The minimum atomic E-state index is 0.103. The molecule has 0 radical (unpaired) electrons. The van der Waals surface area contributed by atoms with Crippen LogP contribution in [0.1, 0.15) is 136 Å². The number of carbonyl (C=O) groups excluding carboxylic acids is 1. The third-order valence-corrected chi connectivity index (χ3v) is 9.19. The van der Waals surface area contributed by atoms with Crippen molar-refractivity contribution in [2.24, 2.45) is 22.7 Å². The smallest absolute Gasteiger partial charge is 0.308 e. The van der Waals surface area contributed by atoms with Gasteiger partial charge >= 0.3 is 5.97 Å². The molecular formula is C27H48O2. The van der Waals surface area contributed by atoms with Crippen LogP contribution in [0, 0.1) is 22.7 Å². The van der Waals surface area contributed by atoms with E-state index in [1.165, 1.54) is 103 Å². The van der Waals surface area contributed by atoms with Crippen molar-refractivity contribution in [3.63, 3.8) is 0 Å². The number of ether oxygens (including phenoxy) is 1. The molecule has 2 heteroatoms. The molecule has 4 aliphatic carbocycles. The van der Waals surface area contributed by atoms with E-state index in [-0.39, 0.29) is 11.9 Å². The van der Waals surface area contributed by atoms with Crippen LogP contribution in [0.3, 0.4) is 0 Å². The lowest BCUT2D eigenvalue weighted by Crippen LogP contribution is -2.46. The molecule has 0 aromatic carbocycles. The second-order valence-corrected chi connectivity index (χ2v) is 10.9. The number of rotatable bonds is 12. The van der Waals surface area contributed by atoms with Crippen molar-refractivity contribution >= 4 is 5.97 Å². The summed E-state index contributed by atoms with van der Waals surface area (Å²) in [7, 11) is 0. The SMILES string of the molecule is CCCCCCCC12CCC(C3CCC(C(=O)OCCCCC)CC3)(CC1)CC2. The van der Waals surface area contributed by atoms with Gasteiger partial charge in [0.25, 0.3) is 0 Å². The molecule has 0 heterocycles. The molecule has 29 heavy (non-hydrogen) atoms. The molecule has 0 saturated heterocycles. The predicted octanol–water partition coefficient (Wildman–Crippen LogP) is 8.23. The van der Waals surface area contributed by atoms with E-state index in [2.05, 4.69) is 13.8 Å². The van der Waals surface area contributed by atoms with E-state index in [1.54, 1.807) is 0 Å². The molecule has 168 valence electrons. The van der Waals surface area contributed by atoms with E-state index in [4.69, 9.17) is 4.74 Å². The van der Waals surface area contributed by atoms with Gasteiger partial charge in [-0.3, -0.25) is 4.79 Å². The third kappa shape index (κ3) is 6.01. The summed E-state index contributed by atoms with van der Waals surface area (Å²) in [6.45, 7) is 5.14. The highest BCUT2D eigenvalue weighted by Crippen LogP contribution is 2.63. The molecule has 0 spiro atoms. The van der Waals surface area contributed by atoms with Gasteiger partial charge in [-0.2, -0.15) is 0 Å². The summed E-state index contributed by atoms with van der Waals surface area (Å²) in [6, 6.07) is 0. The zero-order valence-electron chi connectivity index (χ0n) is 19.6. The lowest BCUT2D eigenvalue weighted by Gasteiger charge is -2.58. The van der Waals surface area contributed by atoms with Crippen LogP contribution in [0.2, 0.25) is 0 Å². The fraction of sp³-hybridized carbons (Fsp3) is 0.963. The molecule has 0 atom stereocenters. The summed E-state index contributed by atoms with van der Waals surface area (Å²) in [6.07, 6.45) is 25.7. The summed E-state index contributed by atoms with van der Waals surface area (Å²) in [5, 5.41) is 0. The standard InChI is InChI=1S/C27H48O2/c1-3-5-7-8-9-15-26-16-19-27(20-17-26,21-18-26)24-13-11-23(12-14-24)25(28)29-22-10-6-4-2/h23-24H,3-22H2,1-2H3. The highest BCUT2D eigenvalue weighted by atomic mass is 16.5. The zero-order chi connectivity index (χ0) is 20.6. The molecule has 0 amide bonds. The van der Waals surface area contributed by atoms with E-state index in [9.17, 15) is 4.79 Å². The lowest BCUT2D eigenvalue weighted by atomic mass is 9.47. The summed E-state index contributed by atoms with van der Waals surface area (Å²) < 4.78 is 5.56. The summed E-state index contributed by atoms with van der Waals surface area (Å²) >= 11 is 0. The molecule has 0 N–H and O–H groups in total. The van der Waals surface area contributed by atoms with Gasteiger partial charge in [-0.15, -0.1) is 0 Å². The van der Waals surface area contributed by atoms with Gasteiger partial charge in [0.1, 0.15) is 0 Å². The van der Waals surface area contributed by atoms with Crippen LogP contribution >= 0.6 is 0 Å². The van der Waals surface area contributed by atoms with Crippen molar-refractivity contribution in [3.05, 3.63) is 0 Å². The summed E-state index contributed by atoms with van der Waals surface area (Å²) in [5.74, 6) is 1.18. The Morgan fingerprint density at radius 3 is 1.97 bits per heavy atom. The van der Waals surface area contributed by atoms with Crippen molar-refractivity contribution in [3.8, 4) is 0 Å². The Morgan fingerprint density at radius 1 is 0.759 bits per heavy atom. The van der Waals surface area contributed by atoms with Gasteiger partial charge in [0.2, 0.25) is 0 Å². The Balaban J connectivity index is 1.38. The predicted molar refractivity (Wildman–Crippen MR) is 122 cm³/mol. The first kappa shape index (κ1) is 23.1. The monoisotopic (exact) mass is 404 g/mol. The Kier molecular flexibility index (Phi) is 8.93. The second-order valence-electron chi connectivity index (χ2n) is 10.9. The molecule has 4 fully saturated rings. The second kappa shape index (κ2) is 11.2. The average Bonchev–Trinajstić information content (AvgIpc) is 2.78. The van der Waals surface area contributed by atoms with Crippen LogP contribution in [0.25, 0.3) is 0 Å². The minimum absolute atomic E-state index is 0.103. The number of esters is 1. The van der Waals surface area contributed by atoms with Crippen LogP contribution in [0.5, 0.6) is 0 Å². The molecule has 0 aromatic rings. The Bertz CT molecular complexity index is 464. The van der Waals surface area contributed by atoms with Crippen molar-refractivity contribution in [2.45, 2.75) is 136 Å². The third-order valence-electron chi connectivity index (χ3n) is 9.19. The zero-order valence-corrected chi connectivity index (χ0v) is 19.6. The number of fused-ring (bicyclic) bond motifs is 3. The highest BCUT2D eigenvalue weighted by molar-refractivity contribution is 5.72. The van der Waals surface area contributed by atoms with Crippen LogP contribution in [0.4, 0.5) is 0 Å². The summed E-state index contributed by atoms with van der Waals surface area (Å²) in [5.41, 5.74) is 1.35. The lowest BCUT2D eigenvalue weighted by molar-refractivity contribution is -0.151. The maximum absolute atomic E-state index is 12.4. The van der Waals surface area contributed by atoms with Gasteiger partial charge in [0.15, 0.2) is 0 Å². The normalized spacial score (nSPS) is 34.3. The molecule has 0 aliphatic heterocycles. The van der Waals surface area contributed by atoms with Crippen LogP contribution in [-0.2, 0) is 9.53 Å². The van der Waals surface area contributed by atoms with E-state index in [0.29, 0.717) is 17.4 Å². The molecule has 2 nitrogen and oxygen atoms in total. The highest BCUT2D eigenvalue weighted by Gasteiger charge is 2.51. The number of hydrogen-bond donors (Lipinski definition) is 0. The van der Waals surface area contributed by atoms with Crippen molar-refractivity contribution in [2.75, 3.05) is 6.61 Å². The first-order valence-corrected chi connectivity index (χ1v) is 13.3. The van der Waals surface area contributed by atoms with Gasteiger partial charge in [-0.25, -0.2) is 0 Å². The quantitative estimate of drug-likeness (QED) is 0.242. The van der Waals surface area contributed by atoms with E-state index < -0.39 is 0 Å². The molecule has 4 aliphatic rings. The Labute approximate surface area is 180 Å². The van der Waals surface area contributed by atoms with E-state index in [1.807, 2.05) is 0 Å². The van der Waals surface area contributed by atoms with Crippen molar-refractivity contribution < 1.29 is 9.53 Å². The van der Waals surface area contributed by atoms with Gasteiger partial charge in [-0.1, -0.05) is 58.8 Å². The van der Waals surface area contributed by atoms with Crippen LogP contribution in [0.15, 0.2) is 0 Å². The van der Waals surface area contributed by atoms with Crippen molar-refractivity contribution in [1.29, 1.82) is 0 Å². The molecule has 4 rings (SSSR count). The molecule has 0 aromatic heterocycles. The van der Waals surface area contributed by atoms with Gasteiger partial charge in [0, 0.05) is 0 Å². The van der Waals surface area contributed by atoms with Crippen molar-refractivity contribution in [1.82, 2.24) is 0 Å². The fourth-order valence-electron chi connectivity index (χ4n) is 6.97. The number of carbonyl (C=O) groups is 1. The first-order chi connectivity index (χ1) is 14.1. The topological polar surface area (TPSA) is 26.3 Å². The van der Waals surface area contributed by atoms with Gasteiger partial charge < -0.3 is 4.74 Å². The molecule has 0 unspecified atom stereocenters. The first-order valence-electron chi connectivity index (χ1n) is 13.3. The Morgan fingerprint density at radius 2 is 1.34 bits per heavy atom. The summed E-state index contributed by atoms with van der Waals surface area (Å²) in [4.78, 5) is 12.4. The van der Waals surface area contributed by atoms with Crippen LogP contribution < -0.4 is 0 Å². The largest absolute Gasteiger partial charge is 0.465 e. The number of hydrogen-bond acceptors (Lipinski definition) is 2. The number of unbranched alkanes of at least 4 members (excludes halogenated alkanes) is 6. The molecule has 4 saturated carbocycles. The van der Waals surface area contributed by atoms with E-state index >= 15 is 0 Å². The average molecular weight is 405 g/mol. The molecular weight excluding hydrogens is 356 g/mol. The van der Waals surface area contributed by atoms with Gasteiger partial charge in [-0.05, 0) is 93.8 Å². The fourth-order valence-corrected chi connectivity index (χ4v) is 6.97. The maximum Gasteiger partial charge on any atom is 0.308 e.